The van der Waals surface area contributed by atoms with Crippen LogP contribution in [0.5, 0.6) is 0 Å². The minimum absolute atomic E-state index is 0.0364. The van der Waals surface area contributed by atoms with Gasteiger partial charge in [0.2, 0.25) is 35.4 Å². The Bertz CT molecular complexity index is 3140. The summed E-state index contributed by atoms with van der Waals surface area (Å²) in [6.07, 6.45) is 5.00. The van der Waals surface area contributed by atoms with Crippen molar-refractivity contribution in [2.45, 2.75) is 96.1 Å². The lowest BCUT2D eigenvalue weighted by Crippen LogP contribution is -2.52. The summed E-state index contributed by atoms with van der Waals surface area (Å²) in [7, 11) is 1.69. The molecule has 0 saturated heterocycles. The van der Waals surface area contributed by atoms with Crippen LogP contribution in [0.15, 0.2) is 59.4 Å². The Morgan fingerprint density at radius 2 is 1.57 bits per heavy atom. The number of carbonyl (C=O) groups is 9. The number of nitrogens with zero attached hydrogens (tertiary/aromatic N) is 4. The first-order valence-corrected chi connectivity index (χ1v) is 25.6. The third-order valence-corrected chi connectivity index (χ3v) is 14.4. The number of aromatic nitrogens is 2. The molecule has 8 rings (SSSR count). The first-order valence-electron chi connectivity index (χ1n) is 25.6. The number of amides is 8. The highest BCUT2D eigenvalue weighted by molar-refractivity contribution is 6.12. The molecule has 77 heavy (non-hydrogen) atoms. The van der Waals surface area contributed by atoms with Crippen LogP contribution in [0.3, 0.4) is 0 Å². The number of halogens is 1. The zero-order valence-corrected chi connectivity index (χ0v) is 43.0. The number of hydrogen-bond acceptors (Lipinski definition) is 14. The summed E-state index contributed by atoms with van der Waals surface area (Å²) in [5.74, 6) is -5.30. The maximum Gasteiger partial charge on any atom is 0.343 e. The molecule has 5 heterocycles. The molecule has 4 aromatic rings. The van der Waals surface area contributed by atoms with Gasteiger partial charge >= 0.3 is 5.97 Å². The fourth-order valence-electron chi connectivity index (χ4n) is 10.2. The van der Waals surface area contributed by atoms with Gasteiger partial charge in [-0.3, -0.25) is 53.0 Å². The van der Waals surface area contributed by atoms with Crippen LogP contribution in [-0.2, 0) is 79.5 Å². The highest BCUT2D eigenvalue weighted by atomic mass is 19.1. The van der Waals surface area contributed by atoms with Gasteiger partial charge < -0.3 is 46.3 Å². The van der Waals surface area contributed by atoms with Crippen LogP contribution in [0.4, 0.5) is 4.39 Å². The molecule has 0 fully saturated rings. The van der Waals surface area contributed by atoms with Crippen molar-refractivity contribution in [3.8, 4) is 11.4 Å². The number of imide groups is 1. The van der Waals surface area contributed by atoms with Gasteiger partial charge in [0, 0.05) is 67.2 Å². The van der Waals surface area contributed by atoms with Crippen molar-refractivity contribution in [2.24, 2.45) is 0 Å². The maximum atomic E-state index is 15.4. The maximum absolute atomic E-state index is 15.4. The fourth-order valence-corrected chi connectivity index (χ4v) is 10.2. The van der Waals surface area contributed by atoms with Crippen molar-refractivity contribution >= 4 is 64.1 Å². The van der Waals surface area contributed by atoms with E-state index in [0.29, 0.717) is 76.6 Å². The summed E-state index contributed by atoms with van der Waals surface area (Å²) >= 11 is 0. The molecule has 0 bridgehead atoms. The average Bonchev–Trinajstić information content (AvgIpc) is 4.18. The SMILES string of the molecule is CC[C@@]1(O)C(=O)OCc2c1cc1n(c2=O)Cc2c-1nc1cc(F)c(C)c3c1c2[C@@H](NC(=O)CN(C)CCNC(=O)CNC(=O)[C@H](Cc1ccccc1)NC(=O)CNC(=O)CNC(=O)CCCCCN1C(=O)C=CC1=O)CC3. The predicted molar refractivity (Wildman–Crippen MR) is 274 cm³/mol. The normalized spacial score (nSPS) is 17.3. The van der Waals surface area contributed by atoms with Gasteiger partial charge in [-0.15, -0.1) is 0 Å². The Morgan fingerprint density at radius 1 is 0.870 bits per heavy atom. The molecular formula is C54H61FN10O12. The lowest BCUT2D eigenvalue weighted by atomic mass is 9.81. The lowest BCUT2D eigenvalue weighted by Gasteiger charge is -2.31. The van der Waals surface area contributed by atoms with Crippen molar-refractivity contribution in [3.63, 3.8) is 0 Å². The Morgan fingerprint density at radius 3 is 2.31 bits per heavy atom. The molecule has 1 aliphatic carbocycles. The predicted octanol–water partition coefficient (Wildman–Crippen LogP) is 0.240. The van der Waals surface area contributed by atoms with Crippen LogP contribution in [0.2, 0.25) is 0 Å². The summed E-state index contributed by atoms with van der Waals surface area (Å²) in [6.45, 7) is 2.28. The third kappa shape index (κ3) is 12.3. The van der Waals surface area contributed by atoms with Crippen LogP contribution in [-0.4, -0.2) is 137 Å². The molecule has 0 spiro atoms. The molecular weight excluding hydrogens is 1000 g/mol. The molecule has 0 saturated carbocycles. The topological polar surface area (TPSA) is 297 Å². The highest BCUT2D eigenvalue weighted by Gasteiger charge is 2.46. The number of cyclic esters (lactones) is 1. The van der Waals surface area contributed by atoms with E-state index >= 15 is 4.39 Å². The Kier molecular flexibility index (Phi) is 17.0. The molecule has 0 radical (unpaired) electrons. The number of likely N-dealkylation sites (N-methyl/N-ethyl adjacent to an activating group) is 1. The molecule has 406 valence electrons. The van der Waals surface area contributed by atoms with E-state index in [4.69, 9.17) is 9.72 Å². The van der Waals surface area contributed by atoms with Gasteiger partial charge in [0.25, 0.3) is 17.4 Å². The molecule has 22 nitrogen and oxygen atoms in total. The molecule has 23 heteroatoms. The van der Waals surface area contributed by atoms with Crippen LogP contribution >= 0.6 is 0 Å². The molecule has 4 aliphatic rings. The van der Waals surface area contributed by atoms with Crippen molar-refractivity contribution in [1.82, 2.24) is 51.3 Å². The van der Waals surface area contributed by atoms with Crippen molar-refractivity contribution in [3.05, 3.63) is 110 Å². The van der Waals surface area contributed by atoms with E-state index in [0.717, 1.165) is 10.5 Å². The number of pyridine rings is 2. The van der Waals surface area contributed by atoms with Crippen molar-refractivity contribution < 1.29 is 57.4 Å². The first kappa shape index (κ1) is 55.1. The zero-order chi connectivity index (χ0) is 55.1. The summed E-state index contributed by atoms with van der Waals surface area (Å²) in [4.78, 5) is 135. The Balaban J connectivity index is 0.800. The molecule has 2 aromatic heterocycles. The van der Waals surface area contributed by atoms with Crippen molar-refractivity contribution in [2.75, 3.05) is 52.9 Å². The largest absolute Gasteiger partial charge is 0.458 e. The van der Waals surface area contributed by atoms with Gasteiger partial charge in [0.05, 0.1) is 61.2 Å². The van der Waals surface area contributed by atoms with Gasteiger partial charge in [-0.1, -0.05) is 43.7 Å². The standard InChI is InChI=1S/C54H61FN10O12/c1-4-54(76)35-22-40-50-33(27-65(40)52(74)34(35)29-77-53(54)75)49-37(15-14-32-30(2)36(55)23-38(62-50)48(32)49)60-45(70)28-63(3)20-18-56-42(67)25-59-51(73)39(21-31-11-7-5-8-12-31)61-44(69)26-58-43(68)24-57-41(66)13-9-6-10-19-64-46(71)16-17-47(64)72/h5,7-8,11-12,16-17,22-23,37,39,76H,4,6,9-10,13-15,18-21,24-29H2,1-3H3,(H,56,67)(H,57,66)(H,58,68)(H,59,73)(H,60,70)(H,61,69)/t37-,39-,54-/m0/s1. The molecule has 0 unspecified atom stereocenters. The van der Waals surface area contributed by atoms with Crippen LogP contribution < -0.4 is 37.5 Å². The molecule has 7 N–H and O–H groups in total. The second-order valence-electron chi connectivity index (χ2n) is 19.6. The number of ether oxygens (including phenoxy) is 1. The number of rotatable bonds is 23. The number of aliphatic hydroxyl groups is 1. The minimum atomic E-state index is -2.04. The number of esters is 1. The number of hydrogen-bond donors (Lipinski definition) is 7. The molecule has 3 aliphatic heterocycles. The van der Waals surface area contributed by atoms with Gasteiger partial charge in [0.1, 0.15) is 18.5 Å². The highest BCUT2D eigenvalue weighted by Crippen LogP contribution is 2.46. The van der Waals surface area contributed by atoms with E-state index in [2.05, 4.69) is 31.9 Å². The third-order valence-electron chi connectivity index (χ3n) is 14.4. The van der Waals surface area contributed by atoms with Crippen LogP contribution in [0.1, 0.15) is 90.4 Å². The summed E-state index contributed by atoms with van der Waals surface area (Å²) in [5, 5.41) is 28.0. The van der Waals surface area contributed by atoms with Gasteiger partial charge in [0.15, 0.2) is 5.60 Å². The molecule has 8 amide bonds. The van der Waals surface area contributed by atoms with Crippen LogP contribution in [0.25, 0.3) is 22.3 Å². The summed E-state index contributed by atoms with van der Waals surface area (Å²) < 4.78 is 22.1. The number of aryl methyl sites for hydroxylation is 1. The Labute approximate surface area is 441 Å². The van der Waals surface area contributed by atoms with Crippen LogP contribution in [0, 0.1) is 12.7 Å². The number of fused-ring (bicyclic) bond motifs is 5. The van der Waals surface area contributed by atoms with Gasteiger partial charge in [-0.25, -0.2) is 14.2 Å². The lowest BCUT2D eigenvalue weighted by molar-refractivity contribution is -0.172. The van der Waals surface area contributed by atoms with E-state index in [9.17, 15) is 53.1 Å². The molecule has 2 aromatic carbocycles. The van der Waals surface area contributed by atoms with Crippen molar-refractivity contribution in [1.29, 1.82) is 0 Å². The molecule has 3 atom stereocenters. The monoisotopic (exact) mass is 1060 g/mol. The van der Waals surface area contributed by atoms with Gasteiger partial charge in [-0.05, 0) is 74.4 Å². The van der Waals surface area contributed by atoms with E-state index < -0.39 is 84.2 Å². The fraction of sp³-hybridized carbons (Fsp3) is 0.426. The number of unbranched alkanes of at least 4 members (excludes halogenated alkanes) is 2. The smallest absolute Gasteiger partial charge is 0.343 e. The minimum Gasteiger partial charge on any atom is -0.458 e. The van der Waals surface area contributed by atoms with Gasteiger partial charge in [-0.2, -0.15) is 0 Å². The number of benzene rings is 2. The average molecular weight is 1060 g/mol. The first-order chi connectivity index (χ1) is 36.9. The quantitative estimate of drug-likeness (QED) is 0.0262. The number of nitrogens with one attached hydrogen (secondary N) is 6. The second-order valence-corrected chi connectivity index (χ2v) is 19.6. The summed E-state index contributed by atoms with van der Waals surface area (Å²) in [6, 6.07) is 10.1. The zero-order valence-electron chi connectivity index (χ0n) is 43.0. The van der Waals surface area contributed by atoms with E-state index in [1.807, 2.05) is 0 Å². The van der Waals surface area contributed by atoms with E-state index in [1.54, 1.807) is 62.2 Å². The number of carbonyl (C=O) groups excluding carboxylic acids is 9. The Hall–Kier alpha value is -8.18. The second kappa shape index (κ2) is 23.8. The van der Waals surface area contributed by atoms with E-state index in [1.165, 1.54) is 22.8 Å². The van der Waals surface area contributed by atoms with E-state index in [-0.39, 0.29) is 87.4 Å². The summed E-state index contributed by atoms with van der Waals surface area (Å²) in [5.41, 5.74) is 2.21.